The molecule has 3 unspecified atom stereocenters. The molecule has 0 spiro atoms. The number of rotatable bonds is 4. The van der Waals surface area contributed by atoms with E-state index in [4.69, 9.17) is 4.52 Å². The number of nitrogens with zero attached hydrogens (tertiary/aromatic N) is 2. The largest absolute Gasteiger partial charge is 0.339 e. The number of aromatic nitrogens is 2. The molecule has 2 fully saturated rings. The van der Waals surface area contributed by atoms with Gasteiger partial charge in [-0.25, -0.2) is 0 Å². The molecule has 3 atom stereocenters. The molecule has 0 saturated heterocycles. The quantitative estimate of drug-likeness (QED) is 0.907. The van der Waals surface area contributed by atoms with E-state index >= 15 is 0 Å². The normalized spacial score (nSPS) is 36.0. The number of fused-ring (bicyclic) bond motifs is 2. The molecule has 4 heteroatoms. The Morgan fingerprint density at radius 2 is 2.16 bits per heavy atom. The first-order valence-corrected chi connectivity index (χ1v) is 7.44. The minimum atomic E-state index is 0.414. The highest BCUT2D eigenvalue weighted by atomic mass is 16.5. The minimum Gasteiger partial charge on any atom is -0.339 e. The van der Waals surface area contributed by atoms with Crippen LogP contribution in [-0.4, -0.2) is 22.7 Å². The summed E-state index contributed by atoms with van der Waals surface area (Å²) in [4.78, 5) is 4.26. The fourth-order valence-corrected chi connectivity index (χ4v) is 4.58. The van der Waals surface area contributed by atoms with Crippen LogP contribution >= 0.6 is 0 Å². The average molecular weight is 263 g/mol. The van der Waals surface area contributed by atoms with Crippen LogP contribution in [-0.2, 0) is 6.42 Å². The molecule has 2 saturated carbocycles. The summed E-state index contributed by atoms with van der Waals surface area (Å²) in [7, 11) is 0. The third-order valence-electron chi connectivity index (χ3n) is 5.53. The zero-order valence-corrected chi connectivity index (χ0v) is 12.5. The summed E-state index contributed by atoms with van der Waals surface area (Å²) in [6.45, 7) is 10.1. The standard InChI is InChI=1S/C15H25N3O/c1-10-17-12(19-18-10)6-8-16-13-14(2,3)11-5-7-15(13,4)9-11/h11,13,16H,5-9H2,1-4H3. The SMILES string of the molecule is Cc1noc(CCNC2C3(C)CCC(C3)C2(C)C)n1. The Bertz CT molecular complexity index is 463. The van der Waals surface area contributed by atoms with Crippen LogP contribution in [0.1, 0.15) is 51.7 Å². The summed E-state index contributed by atoms with van der Waals surface area (Å²) in [5.74, 6) is 2.36. The Balaban J connectivity index is 1.60. The molecule has 1 aromatic heterocycles. The molecule has 0 radical (unpaired) electrons. The van der Waals surface area contributed by atoms with Crippen LogP contribution in [0.2, 0.25) is 0 Å². The lowest BCUT2D eigenvalue weighted by Crippen LogP contribution is -2.50. The van der Waals surface area contributed by atoms with Crippen molar-refractivity contribution in [1.82, 2.24) is 15.5 Å². The van der Waals surface area contributed by atoms with Gasteiger partial charge in [0.05, 0.1) is 0 Å². The minimum absolute atomic E-state index is 0.414. The van der Waals surface area contributed by atoms with Gasteiger partial charge >= 0.3 is 0 Å². The lowest BCUT2D eigenvalue weighted by molar-refractivity contribution is 0.109. The van der Waals surface area contributed by atoms with Gasteiger partial charge in [0.1, 0.15) is 0 Å². The number of hydrogen-bond acceptors (Lipinski definition) is 4. The summed E-state index contributed by atoms with van der Waals surface area (Å²) < 4.78 is 5.17. The van der Waals surface area contributed by atoms with Gasteiger partial charge in [-0.05, 0) is 42.9 Å². The molecule has 1 aromatic rings. The second-order valence-corrected chi connectivity index (χ2v) is 7.29. The third kappa shape index (κ3) is 2.10. The number of aryl methyl sites for hydroxylation is 1. The zero-order valence-electron chi connectivity index (χ0n) is 12.5. The van der Waals surface area contributed by atoms with Gasteiger partial charge in [-0.2, -0.15) is 4.98 Å². The summed E-state index contributed by atoms with van der Waals surface area (Å²) >= 11 is 0. The number of nitrogens with one attached hydrogen (secondary N) is 1. The molecule has 19 heavy (non-hydrogen) atoms. The molecule has 4 nitrogen and oxygen atoms in total. The van der Waals surface area contributed by atoms with Crippen LogP contribution in [0.4, 0.5) is 0 Å². The summed E-state index contributed by atoms with van der Waals surface area (Å²) in [6.07, 6.45) is 4.99. The van der Waals surface area contributed by atoms with Gasteiger partial charge in [-0.3, -0.25) is 0 Å². The highest BCUT2D eigenvalue weighted by molar-refractivity contribution is 5.12. The monoisotopic (exact) mass is 263 g/mol. The maximum atomic E-state index is 5.17. The fraction of sp³-hybridized carbons (Fsp3) is 0.867. The molecule has 2 bridgehead atoms. The van der Waals surface area contributed by atoms with Crippen LogP contribution in [0.25, 0.3) is 0 Å². The van der Waals surface area contributed by atoms with E-state index in [0.29, 0.717) is 16.9 Å². The molecular weight excluding hydrogens is 238 g/mol. The first-order valence-electron chi connectivity index (χ1n) is 7.44. The molecular formula is C15H25N3O. The Morgan fingerprint density at radius 3 is 2.74 bits per heavy atom. The van der Waals surface area contributed by atoms with Crippen LogP contribution in [0.3, 0.4) is 0 Å². The van der Waals surface area contributed by atoms with Crippen LogP contribution in [0.15, 0.2) is 4.52 Å². The molecule has 1 heterocycles. The lowest BCUT2D eigenvalue weighted by Gasteiger charge is -2.43. The summed E-state index contributed by atoms with van der Waals surface area (Å²) in [6, 6.07) is 0.614. The van der Waals surface area contributed by atoms with Crippen LogP contribution < -0.4 is 5.32 Å². The fourth-order valence-electron chi connectivity index (χ4n) is 4.58. The van der Waals surface area contributed by atoms with Gasteiger partial charge in [-0.1, -0.05) is 25.9 Å². The van der Waals surface area contributed by atoms with Crippen molar-refractivity contribution in [1.29, 1.82) is 0 Å². The molecule has 0 aliphatic heterocycles. The Hall–Kier alpha value is -0.900. The second kappa shape index (κ2) is 4.30. The van der Waals surface area contributed by atoms with Gasteiger partial charge in [0.15, 0.2) is 5.82 Å². The Kier molecular flexibility index (Phi) is 2.97. The Labute approximate surface area is 115 Å². The molecule has 0 aromatic carbocycles. The van der Waals surface area contributed by atoms with E-state index in [-0.39, 0.29) is 0 Å². The first kappa shape index (κ1) is 13.1. The van der Waals surface area contributed by atoms with E-state index < -0.39 is 0 Å². The van der Waals surface area contributed by atoms with Crippen molar-refractivity contribution >= 4 is 0 Å². The van der Waals surface area contributed by atoms with Crippen molar-refractivity contribution in [2.45, 2.75) is 59.4 Å². The van der Waals surface area contributed by atoms with E-state index in [9.17, 15) is 0 Å². The smallest absolute Gasteiger partial charge is 0.227 e. The molecule has 0 amide bonds. The molecule has 106 valence electrons. The maximum absolute atomic E-state index is 5.17. The van der Waals surface area contributed by atoms with Crippen molar-refractivity contribution in [3.05, 3.63) is 11.7 Å². The third-order valence-corrected chi connectivity index (χ3v) is 5.53. The topological polar surface area (TPSA) is 51.0 Å². The Morgan fingerprint density at radius 1 is 1.37 bits per heavy atom. The van der Waals surface area contributed by atoms with Gasteiger partial charge in [0.25, 0.3) is 0 Å². The highest BCUT2D eigenvalue weighted by Crippen LogP contribution is 2.62. The predicted octanol–water partition coefficient (Wildman–Crippen LogP) is 2.72. The zero-order chi connectivity index (χ0) is 13.7. The predicted molar refractivity (Wildman–Crippen MR) is 73.8 cm³/mol. The van der Waals surface area contributed by atoms with Gasteiger partial charge in [0.2, 0.25) is 5.89 Å². The van der Waals surface area contributed by atoms with Crippen molar-refractivity contribution in [2.24, 2.45) is 16.7 Å². The van der Waals surface area contributed by atoms with E-state index in [2.05, 4.69) is 36.2 Å². The molecule has 2 aliphatic carbocycles. The second-order valence-electron chi connectivity index (χ2n) is 7.29. The summed E-state index contributed by atoms with van der Waals surface area (Å²) in [5, 5.41) is 7.61. The average Bonchev–Trinajstić information content (AvgIpc) is 2.95. The van der Waals surface area contributed by atoms with Gasteiger partial charge < -0.3 is 9.84 Å². The lowest BCUT2D eigenvalue weighted by atomic mass is 9.68. The van der Waals surface area contributed by atoms with E-state index in [1.807, 2.05) is 6.92 Å². The maximum Gasteiger partial charge on any atom is 0.227 e. The number of hydrogen-bond donors (Lipinski definition) is 1. The van der Waals surface area contributed by atoms with Crippen molar-refractivity contribution in [3.63, 3.8) is 0 Å². The molecule has 1 N–H and O–H groups in total. The van der Waals surface area contributed by atoms with Crippen LogP contribution in [0.5, 0.6) is 0 Å². The van der Waals surface area contributed by atoms with Gasteiger partial charge in [-0.15, -0.1) is 0 Å². The van der Waals surface area contributed by atoms with Gasteiger partial charge in [0, 0.05) is 19.0 Å². The van der Waals surface area contributed by atoms with E-state index in [0.717, 1.165) is 30.6 Å². The van der Waals surface area contributed by atoms with Crippen molar-refractivity contribution < 1.29 is 4.52 Å². The van der Waals surface area contributed by atoms with E-state index in [1.54, 1.807) is 0 Å². The highest BCUT2D eigenvalue weighted by Gasteiger charge is 2.58. The first-order chi connectivity index (χ1) is 8.92. The van der Waals surface area contributed by atoms with E-state index in [1.165, 1.54) is 19.3 Å². The van der Waals surface area contributed by atoms with Crippen LogP contribution in [0, 0.1) is 23.7 Å². The summed E-state index contributed by atoms with van der Waals surface area (Å²) in [5.41, 5.74) is 0.899. The van der Waals surface area contributed by atoms with Crippen molar-refractivity contribution in [2.75, 3.05) is 6.54 Å². The van der Waals surface area contributed by atoms with Crippen molar-refractivity contribution in [3.8, 4) is 0 Å². The molecule has 2 aliphatic rings. The molecule has 3 rings (SSSR count).